The molecule has 2 heterocycles. The van der Waals surface area contributed by atoms with Crippen molar-refractivity contribution < 1.29 is 4.79 Å². The van der Waals surface area contributed by atoms with E-state index < -0.39 is 0 Å². The Morgan fingerprint density at radius 3 is 2.62 bits per heavy atom. The molecule has 3 aromatic rings. The summed E-state index contributed by atoms with van der Waals surface area (Å²) in [4.78, 5) is 19.2. The smallest absolute Gasteiger partial charge is 0.253 e. The molecule has 0 unspecified atom stereocenters. The molecule has 2 aromatic carbocycles. The zero-order valence-corrected chi connectivity index (χ0v) is 15.8. The predicted molar refractivity (Wildman–Crippen MR) is 106 cm³/mol. The van der Waals surface area contributed by atoms with Gasteiger partial charge in [-0.3, -0.25) is 9.36 Å². The number of hydrogen-bond acceptors (Lipinski definition) is 3. The molecule has 1 aliphatic rings. The highest BCUT2D eigenvalue weighted by Gasteiger charge is 2.24. The molecular weight excluding hydrogens is 348 g/mol. The molecular formula is C20H23ClN4O. The number of hydrogen-bond donors (Lipinski definition) is 1. The van der Waals surface area contributed by atoms with E-state index in [4.69, 9.17) is 0 Å². The molecule has 1 fully saturated rings. The number of carbonyl (C=O) groups is 1. The fourth-order valence-corrected chi connectivity index (χ4v) is 3.56. The Morgan fingerprint density at radius 1 is 1.19 bits per heavy atom. The molecule has 1 N–H and O–H groups in total. The van der Waals surface area contributed by atoms with Gasteiger partial charge in [0.2, 0.25) is 0 Å². The van der Waals surface area contributed by atoms with Gasteiger partial charge < -0.3 is 10.2 Å². The van der Waals surface area contributed by atoms with Crippen LogP contribution >= 0.6 is 12.4 Å². The quantitative estimate of drug-likeness (QED) is 0.770. The van der Waals surface area contributed by atoms with Gasteiger partial charge in [0.05, 0.1) is 11.0 Å². The van der Waals surface area contributed by atoms with Crippen LogP contribution in [-0.4, -0.2) is 46.5 Å². The molecule has 1 amide bonds. The van der Waals surface area contributed by atoms with Gasteiger partial charge in [-0.2, -0.15) is 0 Å². The molecule has 136 valence electrons. The van der Waals surface area contributed by atoms with Crippen LogP contribution in [-0.2, 0) is 0 Å². The summed E-state index contributed by atoms with van der Waals surface area (Å²) in [5, 5.41) is 3.31. The Hall–Kier alpha value is -2.37. The summed E-state index contributed by atoms with van der Waals surface area (Å²) in [5.41, 5.74) is 3.80. The number of imidazole rings is 1. The maximum atomic E-state index is 12.7. The number of fused-ring (bicyclic) bond motifs is 1. The summed E-state index contributed by atoms with van der Waals surface area (Å²) in [6, 6.07) is 16.2. The first-order valence-corrected chi connectivity index (χ1v) is 8.67. The zero-order valence-electron chi connectivity index (χ0n) is 15.0. The molecule has 5 nitrogen and oxygen atoms in total. The topological polar surface area (TPSA) is 50.2 Å². The van der Waals surface area contributed by atoms with E-state index in [0.29, 0.717) is 0 Å². The van der Waals surface area contributed by atoms with Crippen LogP contribution in [0.15, 0.2) is 48.5 Å². The molecule has 0 radical (unpaired) electrons. The molecule has 0 spiro atoms. The van der Waals surface area contributed by atoms with E-state index in [1.807, 2.05) is 61.3 Å². The number of aromatic nitrogens is 2. The summed E-state index contributed by atoms with van der Waals surface area (Å²) in [5.74, 6) is 1.02. The van der Waals surface area contributed by atoms with E-state index in [1.165, 1.54) is 0 Å². The van der Waals surface area contributed by atoms with Crippen molar-refractivity contribution in [3.63, 3.8) is 0 Å². The van der Waals surface area contributed by atoms with Crippen LogP contribution in [0, 0.1) is 6.92 Å². The van der Waals surface area contributed by atoms with Gasteiger partial charge >= 0.3 is 0 Å². The number of benzene rings is 2. The number of amides is 1. The molecule has 6 heteroatoms. The molecule has 26 heavy (non-hydrogen) atoms. The highest BCUT2D eigenvalue weighted by molar-refractivity contribution is 5.94. The largest absolute Gasteiger partial charge is 0.337 e. The maximum Gasteiger partial charge on any atom is 0.253 e. The first kappa shape index (κ1) is 18.4. The first-order chi connectivity index (χ1) is 12.1. The van der Waals surface area contributed by atoms with Crippen molar-refractivity contribution >= 4 is 29.3 Å². The van der Waals surface area contributed by atoms with Crippen LogP contribution in [0.2, 0.25) is 0 Å². The van der Waals surface area contributed by atoms with Crippen LogP contribution in [0.25, 0.3) is 16.7 Å². The van der Waals surface area contributed by atoms with Gasteiger partial charge in [-0.15, -0.1) is 12.4 Å². The zero-order chi connectivity index (χ0) is 17.4. The SMILES string of the molecule is Cc1nc2ccccc2n1-c1ccc(C(=O)N(C)[C@H]2CCNC2)cc1.Cl. The van der Waals surface area contributed by atoms with Crippen LogP contribution in [0.5, 0.6) is 0 Å². The van der Waals surface area contributed by atoms with Gasteiger partial charge in [0.15, 0.2) is 0 Å². The van der Waals surface area contributed by atoms with E-state index in [-0.39, 0.29) is 24.4 Å². The van der Waals surface area contributed by atoms with Gasteiger partial charge in [-0.1, -0.05) is 12.1 Å². The third-order valence-electron chi connectivity index (χ3n) is 5.00. The van der Waals surface area contributed by atoms with Crippen molar-refractivity contribution in [2.24, 2.45) is 0 Å². The van der Waals surface area contributed by atoms with Crippen molar-refractivity contribution in [1.82, 2.24) is 19.8 Å². The second-order valence-corrected chi connectivity index (χ2v) is 6.59. The van der Waals surface area contributed by atoms with Crippen molar-refractivity contribution in [2.75, 3.05) is 20.1 Å². The lowest BCUT2D eigenvalue weighted by Gasteiger charge is -2.24. The Balaban J connectivity index is 0.00000196. The highest BCUT2D eigenvalue weighted by atomic mass is 35.5. The number of para-hydroxylation sites is 2. The van der Waals surface area contributed by atoms with Gasteiger partial charge in [-0.25, -0.2) is 4.98 Å². The highest BCUT2D eigenvalue weighted by Crippen LogP contribution is 2.22. The number of rotatable bonds is 3. The lowest BCUT2D eigenvalue weighted by atomic mass is 10.1. The van der Waals surface area contributed by atoms with Crippen LogP contribution < -0.4 is 5.32 Å². The lowest BCUT2D eigenvalue weighted by Crippen LogP contribution is -2.38. The van der Waals surface area contributed by atoms with E-state index >= 15 is 0 Å². The monoisotopic (exact) mass is 370 g/mol. The average molecular weight is 371 g/mol. The second kappa shape index (κ2) is 7.48. The minimum absolute atomic E-state index is 0. The third-order valence-corrected chi connectivity index (χ3v) is 5.00. The van der Waals surface area contributed by atoms with Crippen LogP contribution in [0.1, 0.15) is 22.6 Å². The van der Waals surface area contributed by atoms with Crippen LogP contribution in [0.4, 0.5) is 0 Å². The van der Waals surface area contributed by atoms with Crippen molar-refractivity contribution in [3.05, 3.63) is 59.9 Å². The first-order valence-electron chi connectivity index (χ1n) is 8.67. The van der Waals surface area contributed by atoms with Crippen molar-refractivity contribution in [1.29, 1.82) is 0 Å². The summed E-state index contributed by atoms with van der Waals surface area (Å²) in [7, 11) is 1.89. The maximum absolute atomic E-state index is 12.7. The van der Waals surface area contributed by atoms with E-state index in [0.717, 1.165) is 47.6 Å². The van der Waals surface area contributed by atoms with Crippen molar-refractivity contribution in [3.8, 4) is 5.69 Å². The molecule has 0 bridgehead atoms. The minimum Gasteiger partial charge on any atom is -0.337 e. The van der Waals surface area contributed by atoms with E-state index in [1.54, 1.807) is 0 Å². The number of carbonyl (C=O) groups excluding carboxylic acids is 1. The Bertz CT molecular complexity index is 913. The predicted octanol–water partition coefficient (Wildman–Crippen LogP) is 3.19. The van der Waals surface area contributed by atoms with Gasteiger partial charge in [0.1, 0.15) is 5.82 Å². The van der Waals surface area contributed by atoms with E-state index in [2.05, 4.69) is 20.9 Å². The summed E-state index contributed by atoms with van der Waals surface area (Å²) < 4.78 is 2.12. The van der Waals surface area contributed by atoms with Gasteiger partial charge in [-0.05, 0) is 56.3 Å². The van der Waals surface area contributed by atoms with Gasteiger partial charge in [0.25, 0.3) is 5.91 Å². The summed E-state index contributed by atoms with van der Waals surface area (Å²) in [6.07, 6.45) is 1.01. The Kier molecular flexibility index (Phi) is 5.30. The van der Waals surface area contributed by atoms with Crippen molar-refractivity contribution in [2.45, 2.75) is 19.4 Å². The molecule has 1 atom stereocenters. The van der Waals surface area contributed by atoms with Crippen LogP contribution in [0.3, 0.4) is 0 Å². The normalized spacial score (nSPS) is 16.5. The van der Waals surface area contributed by atoms with E-state index in [9.17, 15) is 4.79 Å². The molecule has 4 rings (SSSR count). The molecule has 0 saturated carbocycles. The second-order valence-electron chi connectivity index (χ2n) is 6.59. The molecule has 1 aromatic heterocycles. The minimum atomic E-state index is 0. The summed E-state index contributed by atoms with van der Waals surface area (Å²) in [6.45, 7) is 3.86. The fraction of sp³-hybridized carbons (Fsp3) is 0.300. The number of likely N-dealkylation sites (N-methyl/N-ethyl adjacent to an activating group) is 1. The Labute approximate surface area is 159 Å². The Morgan fingerprint density at radius 2 is 1.92 bits per heavy atom. The number of aryl methyl sites for hydroxylation is 1. The number of nitrogens with one attached hydrogen (secondary N) is 1. The lowest BCUT2D eigenvalue weighted by molar-refractivity contribution is 0.0744. The number of nitrogens with zero attached hydrogens (tertiary/aromatic N) is 3. The number of halogens is 1. The fourth-order valence-electron chi connectivity index (χ4n) is 3.56. The standard InChI is InChI=1S/C20H22N4O.ClH/c1-14-22-18-5-3-4-6-19(18)24(14)16-9-7-15(8-10-16)20(25)23(2)17-11-12-21-13-17;/h3-10,17,21H,11-13H2,1-2H3;1H/t17-;/m0./s1. The molecule has 1 aliphatic heterocycles. The molecule has 1 saturated heterocycles. The third kappa shape index (κ3) is 3.20. The van der Waals surface area contributed by atoms with Gasteiger partial charge in [0, 0.05) is 30.9 Å². The average Bonchev–Trinajstić information content (AvgIpc) is 3.27. The molecule has 0 aliphatic carbocycles. The summed E-state index contributed by atoms with van der Waals surface area (Å²) >= 11 is 0.